The number of piperidine rings is 1. The third-order valence-corrected chi connectivity index (χ3v) is 6.74. The SMILES string of the molecule is C[C@@H](NC(=O)OCC1c2ccccc2-c2ccccc21)C(=O)N1CCC(CCC(=O)O)CC1. The van der Waals surface area contributed by atoms with Gasteiger partial charge in [-0.05, 0) is 54.4 Å². The first-order chi connectivity index (χ1) is 15.9. The first-order valence-corrected chi connectivity index (χ1v) is 11.6. The number of aliphatic carboxylic acids is 1. The molecule has 1 atom stereocenters. The molecular formula is C26H30N2O5. The third-order valence-electron chi connectivity index (χ3n) is 6.74. The van der Waals surface area contributed by atoms with Gasteiger partial charge in [0.2, 0.25) is 5.91 Å². The predicted octanol–water partition coefficient (Wildman–Crippen LogP) is 4.02. The van der Waals surface area contributed by atoms with Crippen molar-refractivity contribution in [3.05, 3.63) is 59.7 Å². The van der Waals surface area contributed by atoms with Crippen LogP contribution in [0.3, 0.4) is 0 Å². The van der Waals surface area contributed by atoms with Crippen LogP contribution >= 0.6 is 0 Å². The summed E-state index contributed by atoms with van der Waals surface area (Å²) < 4.78 is 5.54. The topological polar surface area (TPSA) is 95.9 Å². The first-order valence-electron chi connectivity index (χ1n) is 11.6. The number of nitrogens with one attached hydrogen (secondary N) is 1. The van der Waals surface area contributed by atoms with E-state index in [-0.39, 0.29) is 24.9 Å². The van der Waals surface area contributed by atoms with Gasteiger partial charge in [-0.25, -0.2) is 4.79 Å². The van der Waals surface area contributed by atoms with E-state index in [9.17, 15) is 14.4 Å². The number of benzene rings is 2. The molecule has 0 unspecified atom stereocenters. The van der Waals surface area contributed by atoms with Gasteiger partial charge in [0.15, 0.2) is 0 Å². The molecule has 1 fully saturated rings. The standard InChI is InChI=1S/C26H30N2O5/c1-17(25(31)28-14-12-18(13-15-28)10-11-24(29)30)27-26(32)33-16-23-21-8-4-2-6-19(21)20-7-3-5-9-22(20)23/h2-9,17-18,23H,10-16H2,1H3,(H,27,32)(H,29,30)/t17-/m1/s1. The van der Waals surface area contributed by atoms with E-state index in [1.807, 2.05) is 24.3 Å². The highest BCUT2D eigenvalue weighted by molar-refractivity contribution is 5.85. The number of likely N-dealkylation sites (tertiary alicyclic amines) is 1. The fourth-order valence-corrected chi connectivity index (χ4v) is 4.92. The molecule has 0 bridgehead atoms. The van der Waals surface area contributed by atoms with Gasteiger partial charge in [-0.1, -0.05) is 48.5 Å². The lowest BCUT2D eigenvalue weighted by atomic mass is 9.92. The van der Waals surface area contributed by atoms with Crippen molar-refractivity contribution in [2.24, 2.45) is 5.92 Å². The number of rotatable bonds is 7. The molecule has 7 heteroatoms. The van der Waals surface area contributed by atoms with Gasteiger partial charge in [0.05, 0.1) is 0 Å². The van der Waals surface area contributed by atoms with Gasteiger partial charge in [-0.2, -0.15) is 0 Å². The Morgan fingerprint density at radius 3 is 2.18 bits per heavy atom. The Labute approximate surface area is 193 Å². The highest BCUT2D eigenvalue weighted by Crippen LogP contribution is 2.44. The molecule has 2 amide bonds. The summed E-state index contributed by atoms with van der Waals surface area (Å²) >= 11 is 0. The Bertz CT molecular complexity index is 983. The van der Waals surface area contributed by atoms with Crippen molar-refractivity contribution < 1.29 is 24.2 Å². The minimum absolute atomic E-state index is 0.0287. The largest absolute Gasteiger partial charge is 0.481 e. The number of carboxylic acid groups (broad SMARTS) is 1. The van der Waals surface area contributed by atoms with Crippen molar-refractivity contribution in [2.45, 2.75) is 44.6 Å². The first kappa shape index (κ1) is 22.8. The molecule has 0 spiro atoms. The average molecular weight is 451 g/mol. The maximum atomic E-state index is 12.8. The third kappa shape index (κ3) is 5.18. The van der Waals surface area contributed by atoms with Crippen molar-refractivity contribution in [1.82, 2.24) is 10.2 Å². The number of fused-ring (bicyclic) bond motifs is 3. The van der Waals surface area contributed by atoms with Gasteiger partial charge in [-0.15, -0.1) is 0 Å². The lowest BCUT2D eigenvalue weighted by Crippen LogP contribution is -2.49. The van der Waals surface area contributed by atoms with Crippen LogP contribution in [-0.2, 0) is 14.3 Å². The number of carbonyl (C=O) groups is 3. The number of hydrogen-bond acceptors (Lipinski definition) is 4. The molecule has 1 aliphatic heterocycles. The smallest absolute Gasteiger partial charge is 0.407 e. The normalized spacial score (nSPS) is 16.6. The molecule has 0 saturated carbocycles. The van der Waals surface area contributed by atoms with Crippen LogP contribution < -0.4 is 5.32 Å². The van der Waals surface area contributed by atoms with Gasteiger partial charge in [0.1, 0.15) is 12.6 Å². The number of carboxylic acids is 1. The predicted molar refractivity (Wildman–Crippen MR) is 124 cm³/mol. The van der Waals surface area contributed by atoms with Gasteiger partial charge in [-0.3, -0.25) is 9.59 Å². The maximum absolute atomic E-state index is 12.8. The highest BCUT2D eigenvalue weighted by Gasteiger charge is 2.30. The summed E-state index contributed by atoms with van der Waals surface area (Å²) in [5.41, 5.74) is 4.61. The Hall–Kier alpha value is -3.35. The van der Waals surface area contributed by atoms with Gasteiger partial charge in [0.25, 0.3) is 0 Å². The maximum Gasteiger partial charge on any atom is 0.407 e. The monoisotopic (exact) mass is 450 g/mol. The Morgan fingerprint density at radius 1 is 1.03 bits per heavy atom. The zero-order chi connectivity index (χ0) is 23.4. The summed E-state index contributed by atoms with van der Waals surface area (Å²) in [4.78, 5) is 37.7. The van der Waals surface area contributed by atoms with E-state index < -0.39 is 18.1 Å². The van der Waals surface area contributed by atoms with Gasteiger partial charge in [0, 0.05) is 25.4 Å². The number of carbonyl (C=O) groups excluding carboxylic acids is 2. The fraction of sp³-hybridized carbons (Fsp3) is 0.423. The molecule has 1 aliphatic carbocycles. The summed E-state index contributed by atoms with van der Waals surface area (Å²) in [7, 11) is 0. The summed E-state index contributed by atoms with van der Waals surface area (Å²) in [5.74, 6) is -0.621. The van der Waals surface area contributed by atoms with Crippen molar-refractivity contribution >= 4 is 18.0 Å². The van der Waals surface area contributed by atoms with Crippen LogP contribution in [0.4, 0.5) is 4.79 Å². The molecule has 33 heavy (non-hydrogen) atoms. The summed E-state index contributed by atoms with van der Waals surface area (Å²) in [5, 5.41) is 11.5. The average Bonchev–Trinajstić information content (AvgIpc) is 3.15. The number of alkyl carbamates (subject to hydrolysis) is 1. The molecule has 2 aliphatic rings. The summed E-state index contributed by atoms with van der Waals surface area (Å²) in [6.07, 6.45) is 1.78. The zero-order valence-corrected chi connectivity index (χ0v) is 18.8. The van der Waals surface area contributed by atoms with Crippen LogP contribution in [0.2, 0.25) is 0 Å². The van der Waals surface area contributed by atoms with Crippen LogP contribution in [0.1, 0.15) is 49.7 Å². The molecule has 2 N–H and O–H groups in total. The lowest BCUT2D eigenvalue weighted by molar-refractivity contribution is -0.138. The molecule has 174 valence electrons. The van der Waals surface area contributed by atoms with E-state index in [4.69, 9.17) is 9.84 Å². The van der Waals surface area contributed by atoms with E-state index >= 15 is 0 Å². The van der Waals surface area contributed by atoms with Crippen molar-refractivity contribution in [3.8, 4) is 11.1 Å². The molecule has 7 nitrogen and oxygen atoms in total. The second-order valence-electron chi connectivity index (χ2n) is 8.89. The zero-order valence-electron chi connectivity index (χ0n) is 18.8. The Kier molecular flexibility index (Phi) is 6.96. The molecule has 4 rings (SSSR count). The number of hydrogen-bond donors (Lipinski definition) is 2. The van der Waals surface area contributed by atoms with E-state index in [0.29, 0.717) is 25.4 Å². The van der Waals surface area contributed by atoms with Crippen molar-refractivity contribution in [2.75, 3.05) is 19.7 Å². The number of amides is 2. The summed E-state index contributed by atoms with van der Waals surface area (Å²) in [6, 6.07) is 15.6. The Balaban J connectivity index is 1.27. The minimum atomic E-state index is -0.783. The van der Waals surface area contributed by atoms with E-state index in [2.05, 4.69) is 29.6 Å². The van der Waals surface area contributed by atoms with Gasteiger partial charge < -0.3 is 20.1 Å². The molecule has 2 aromatic carbocycles. The van der Waals surface area contributed by atoms with E-state index in [0.717, 1.165) is 35.1 Å². The quantitative estimate of drug-likeness (QED) is 0.664. The van der Waals surface area contributed by atoms with Crippen LogP contribution in [-0.4, -0.2) is 53.7 Å². The number of nitrogens with zero attached hydrogens (tertiary/aromatic N) is 1. The lowest BCUT2D eigenvalue weighted by Gasteiger charge is -2.33. The molecule has 1 heterocycles. The van der Waals surface area contributed by atoms with Crippen LogP contribution in [0.15, 0.2) is 48.5 Å². The second-order valence-corrected chi connectivity index (χ2v) is 8.89. The molecule has 0 radical (unpaired) electrons. The molecule has 2 aromatic rings. The Morgan fingerprint density at radius 2 is 1.61 bits per heavy atom. The van der Waals surface area contributed by atoms with E-state index in [1.165, 1.54) is 0 Å². The van der Waals surface area contributed by atoms with Crippen LogP contribution in [0, 0.1) is 5.92 Å². The van der Waals surface area contributed by atoms with Crippen molar-refractivity contribution in [1.29, 1.82) is 0 Å². The van der Waals surface area contributed by atoms with Crippen LogP contribution in [0.25, 0.3) is 11.1 Å². The highest BCUT2D eigenvalue weighted by atomic mass is 16.5. The fourth-order valence-electron chi connectivity index (χ4n) is 4.92. The van der Waals surface area contributed by atoms with Gasteiger partial charge >= 0.3 is 12.1 Å². The molecule has 1 saturated heterocycles. The molecule has 0 aromatic heterocycles. The van der Waals surface area contributed by atoms with E-state index in [1.54, 1.807) is 11.8 Å². The van der Waals surface area contributed by atoms with Crippen LogP contribution in [0.5, 0.6) is 0 Å². The van der Waals surface area contributed by atoms with Crippen molar-refractivity contribution in [3.63, 3.8) is 0 Å². The number of ether oxygens (including phenoxy) is 1. The summed E-state index contributed by atoms with van der Waals surface area (Å²) in [6.45, 7) is 3.04. The second kappa shape index (κ2) is 10.1. The molecular weight excluding hydrogens is 420 g/mol. The minimum Gasteiger partial charge on any atom is -0.481 e.